The van der Waals surface area contributed by atoms with Crippen molar-refractivity contribution in [3.63, 3.8) is 0 Å². The summed E-state index contributed by atoms with van der Waals surface area (Å²) >= 11 is 24.1. The number of halogens is 7. The van der Waals surface area contributed by atoms with E-state index in [0.717, 1.165) is 10.2 Å². The zero-order valence-corrected chi connectivity index (χ0v) is 19.1. The van der Waals surface area contributed by atoms with Crippen molar-refractivity contribution in [1.82, 2.24) is 19.6 Å². The van der Waals surface area contributed by atoms with Gasteiger partial charge in [-0.05, 0) is 30.5 Å². The van der Waals surface area contributed by atoms with E-state index in [9.17, 15) is 18.0 Å². The first-order valence-electron chi connectivity index (χ1n) is 9.33. The van der Waals surface area contributed by atoms with E-state index in [-0.39, 0.29) is 29.0 Å². The lowest BCUT2D eigenvalue weighted by molar-refractivity contribution is -0.141. The summed E-state index contributed by atoms with van der Waals surface area (Å²) < 4.78 is 42.0. The summed E-state index contributed by atoms with van der Waals surface area (Å²) in [6, 6.07) is 5.00. The number of benzene rings is 1. The van der Waals surface area contributed by atoms with Gasteiger partial charge < -0.3 is 5.32 Å². The van der Waals surface area contributed by atoms with Crippen molar-refractivity contribution in [2.24, 2.45) is 0 Å². The fourth-order valence-corrected chi connectivity index (χ4v) is 4.26. The van der Waals surface area contributed by atoms with Crippen LogP contribution in [0.15, 0.2) is 24.4 Å². The van der Waals surface area contributed by atoms with Gasteiger partial charge in [-0.15, -0.1) is 0 Å². The van der Waals surface area contributed by atoms with Gasteiger partial charge in [-0.2, -0.15) is 23.4 Å². The van der Waals surface area contributed by atoms with Gasteiger partial charge in [-0.1, -0.05) is 52.5 Å². The van der Waals surface area contributed by atoms with Crippen molar-refractivity contribution in [2.45, 2.75) is 38.0 Å². The second-order valence-electron chi connectivity index (χ2n) is 7.28. The average molecular weight is 527 g/mol. The maximum Gasteiger partial charge on any atom is 0.436 e. The highest BCUT2D eigenvalue weighted by atomic mass is 35.5. The topological polar surface area (TPSA) is 64.7 Å². The molecule has 1 aliphatic carbocycles. The Bertz CT molecular complexity index is 1190. The lowest BCUT2D eigenvalue weighted by atomic mass is 10.2. The van der Waals surface area contributed by atoms with Crippen LogP contribution in [0.5, 0.6) is 0 Å². The molecule has 6 nitrogen and oxygen atoms in total. The van der Waals surface area contributed by atoms with E-state index >= 15 is 0 Å². The molecule has 0 spiro atoms. The zero-order chi connectivity index (χ0) is 23.2. The second kappa shape index (κ2) is 8.78. The van der Waals surface area contributed by atoms with Crippen molar-refractivity contribution in [1.29, 1.82) is 0 Å². The van der Waals surface area contributed by atoms with Gasteiger partial charge in [0.15, 0.2) is 11.5 Å². The molecule has 3 aromatic rings. The summed E-state index contributed by atoms with van der Waals surface area (Å²) in [5.74, 6) is -0.730. The highest BCUT2D eigenvalue weighted by molar-refractivity contribution is 6.35. The molecular formula is C19H14Cl4F3N5O. The molecule has 0 radical (unpaired) electrons. The third kappa shape index (κ3) is 5.01. The summed E-state index contributed by atoms with van der Waals surface area (Å²) in [7, 11) is 0. The van der Waals surface area contributed by atoms with Gasteiger partial charge in [0.05, 0.1) is 17.3 Å². The molecule has 2 aromatic heterocycles. The van der Waals surface area contributed by atoms with Crippen molar-refractivity contribution in [3.8, 4) is 0 Å². The molecule has 1 aromatic carbocycles. The zero-order valence-electron chi connectivity index (χ0n) is 16.1. The molecule has 1 N–H and O–H groups in total. The predicted octanol–water partition coefficient (Wildman–Crippen LogP) is 6.28. The van der Waals surface area contributed by atoms with Gasteiger partial charge >= 0.3 is 6.18 Å². The number of carbonyl (C=O) groups excluding carboxylic acids is 1. The maximum absolute atomic E-state index is 13.2. The van der Waals surface area contributed by atoms with Crippen LogP contribution in [0, 0.1) is 0 Å². The minimum Gasteiger partial charge on any atom is -0.306 e. The third-order valence-corrected chi connectivity index (χ3v) is 6.02. The van der Waals surface area contributed by atoms with Crippen LogP contribution in [-0.2, 0) is 24.1 Å². The van der Waals surface area contributed by atoms with E-state index in [2.05, 4.69) is 15.5 Å². The average Bonchev–Trinajstić information content (AvgIpc) is 3.38. The molecule has 13 heteroatoms. The second-order valence-corrected chi connectivity index (χ2v) is 8.91. The molecule has 0 bridgehead atoms. The number of hydrogen-bond donors (Lipinski definition) is 1. The number of alkyl halides is 3. The van der Waals surface area contributed by atoms with Crippen LogP contribution in [0.3, 0.4) is 0 Å². The van der Waals surface area contributed by atoms with Crippen LogP contribution in [0.1, 0.15) is 35.7 Å². The molecule has 0 aliphatic heterocycles. The Hall–Kier alpha value is -1.94. The number of amides is 1. The molecular weight excluding hydrogens is 513 g/mol. The van der Waals surface area contributed by atoms with E-state index in [1.807, 2.05) is 0 Å². The van der Waals surface area contributed by atoms with Crippen LogP contribution in [0.4, 0.5) is 19.0 Å². The Kier molecular flexibility index (Phi) is 6.37. The molecule has 32 heavy (non-hydrogen) atoms. The maximum atomic E-state index is 13.2. The van der Waals surface area contributed by atoms with E-state index in [4.69, 9.17) is 46.4 Å². The largest absolute Gasteiger partial charge is 0.436 e. The van der Waals surface area contributed by atoms with Crippen molar-refractivity contribution in [3.05, 3.63) is 61.4 Å². The van der Waals surface area contributed by atoms with Gasteiger partial charge in [-0.25, -0.2) is 0 Å². The Morgan fingerprint density at radius 2 is 1.84 bits per heavy atom. The summed E-state index contributed by atoms with van der Waals surface area (Å²) in [6.45, 7) is -0.199. The van der Waals surface area contributed by atoms with Crippen LogP contribution >= 0.6 is 46.4 Å². The van der Waals surface area contributed by atoms with Crippen molar-refractivity contribution >= 4 is 58.1 Å². The summed E-state index contributed by atoms with van der Waals surface area (Å²) in [4.78, 5) is 12.5. The molecule has 2 heterocycles. The van der Waals surface area contributed by atoms with E-state index in [1.165, 1.54) is 10.9 Å². The summed E-state index contributed by atoms with van der Waals surface area (Å²) in [5, 5.41) is 10.9. The first-order valence-corrected chi connectivity index (χ1v) is 10.8. The van der Waals surface area contributed by atoms with Crippen LogP contribution in [0.2, 0.25) is 20.1 Å². The minimum absolute atomic E-state index is 0.0593. The summed E-state index contributed by atoms with van der Waals surface area (Å²) in [6.07, 6.45) is -1.85. The number of rotatable bonds is 6. The van der Waals surface area contributed by atoms with Crippen LogP contribution < -0.4 is 5.32 Å². The molecule has 1 saturated carbocycles. The van der Waals surface area contributed by atoms with Crippen molar-refractivity contribution < 1.29 is 18.0 Å². The predicted molar refractivity (Wildman–Crippen MR) is 116 cm³/mol. The number of aromatic nitrogens is 4. The van der Waals surface area contributed by atoms with Crippen LogP contribution in [0.25, 0.3) is 0 Å². The van der Waals surface area contributed by atoms with Crippen molar-refractivity contribution in [2.75, 3.05) is 5.32 Å². The number of hydrogen-bond acceptors (Lipinski definition) is 3. The fourth-order valence-electron chi connectivity index (χ4n) is 3.20. The monoisotopic (exact) mass is 525 g/mol. The third-order valence-electron chi connectivity index (χ3n) is 4.78. The first kappa shape index (κ1) is 23.2. The normalized spacial score (nSPS) is 14.1. The highest BCUT2D eigenvalue weighted by Crippen LogP contribution is 2.46. The van der Waals surface area contributed by atoms with Gasteiger partial charge in [0.2, 0.25) is 5.91 Å². The molecule has 1 aliphatic rings. The molecule has 0 atom stereocenters. The Balaban J connectivity index is 1.49. The lowest BCUT2D eigenvalue weighted by Crippen LogP contribution is -2.22. The Morgan fingerprint density at radius 3 is 2.47 bits per heavy atom. The number of nitrogens with one attached hydrogen (secondary N) is 1. The van der Waals surface area contributed by atoms with Gasteiger partial charge in [0.25, 0.3) is 0 Å². The molecule has 1 amide bonds. The molecule has 0 unspecified atom stereocenters. The number of anilines is 1. The van der Waals surface area contributed by atoms with Gasteiger partial charge in [0.1, 0.15) is 11.6 Å². The SMILES string of the molecule is O=C(Cn1nc(C(F)(F)F)c(Cl)c1C1CC1)Nc1nn(Cc2ccc(Cl)cc2Cl)cc1Cl. The standard InChI is InChI=1S/C19H14Cl4F3N5O/c20-11-4-3-10(12(21)5-11)6-30-7-13(22)18(29-30)27-14(32)8-31-16(9-1-2-9)15(23)17(28-31)19(24,25)26/h3-5,7,9H,1-2,6,8H2,(H,27,29,32). The van der Waals surface area contributed by atoms with E-state index in [1.54, 1.807) is 18.2 Å². The minimum atomic E-state index is -4.71. The first-order chi connectivity index (χ1) is 15.0. The fraction of sp³-hybridized carbons (Fsp3) is 0.316. The van der Waals surface area contributed by atoms with E-state index < -0.39 is 29.3 Å². The Labute approximate surface area is 200 Å². The quantitative estimate of drug-likeness (QED) is 0.411. The molecule has 0 saturated heterocycles. The number of nitrogens with zero attached hydrogens (tertiary/aromatic N) is 4. The number of carbonyl (C=O) groups is 1. The van der Waals surface area contributed by atoms with Gasteiger partial charge in [-0.3, -0.25) is 14.2 Å². The Morgan fingerprint density at radius 1 is 1.12 bits per heavy atom. The molecule has 170 valence electrons. The molecule has 1 fully saturated rings. The van der Waals surface area contributed by atoms with Gasteiger partial charge in [0, 0.05) is 22.2 Å². The summed E-state index contributed by atoms with van der Waals surface area (Å²) in [5.41, 5.74) is -0.257. The highest BCUT2D eigenvalue weighted by Gasteiger charge is 2.42. The molecule has 4 rings (SSSR count). The van der Waals surface area contributed by atoms with E-state index in [0.29, 0.717) is 22.9 Å². The van der Waals surface area contributed by atoms with Crippen LogP contribution in [-0.4, -0.2) is 25.5 Å². The smallest absolute Gasteiger partial charge is 0.306 e. The lowest BCUT2D eigenvalue weighted by Gasteiger charge is -2.07.